The Kier molecular flexibility index (Phi) is 3.44. The second-order valence-electron chi connectivity index (χ2n) is 4.83. The quantitative estimate of drug-likeness (QED) is 0.771. The minimum absolute atomic E-state index is 0.267. The van der Waals surface area contributed by atoms with E-state index in [1.807, 2.05) is 37.3 Å². The van der Waals surface area contributed by atoms with Gasteiger partial charge in [-0.1, -0.05) is 6.07 Å². The van der Waals surface area contributed by atoms with E-state index in [4.69, 9.17) is 4.74 Å². The van der Waals surface area contributed by atoms with E-state index in [0.717, 1.165) is 28.0 Å². The average Bonchev–Trinajstić information content (AvgIpc) is 2.46. The van der Waals surface area contributed by atoms with Crippen molar-refractivity contribution in [2.24, 2.45) is 0 Å². The van der Waals surface area contributed by atoms with Crippen molar-refractivity contribution in [3.05, 3.63) is 60.0 Å². The van der Waals surface area contributed by atoms with E-state index in [2.05, 4.69) is 10.3 Å². The summed E-state index contributed by atoms with van der Waals surface area (Å²) in [6.45, 7) is 1.93. The summed E-state index contributed by atoms with van der Waals surface area (Å²) in [6, 6.07) is 14.1. The highest BCUT2D eigenvalue weighted by atomic mass is 19.1. The molecule has 0 fully saturated rings. The second kappa shape index (κ2) is 5.40. The van der Waals surface area contributed by atoms with Gasteiger partial charge < -0.3 is 10.1 Å². The zero-order valence-electron chi connectivity index (χ0n) is 11.9. The molecule has 0 saturated heterocycles. The van der Waals surface area contributed by atoms with Gasteiger partial charge in [-0.2, -0.15) is 0 Å². The van der Waals surface area contributed by atoms with Crippen LogP contribution in [0.1, 0.15) is 5.69 Å². The lowest BCUT2D eigenvalue weighted by atomic mass is 10.1. The molecule has 0 atom stereocenters. The van der Waals surface area contributed by atoms with Crippen molar-refractivity contribution in [2.75, 3.05) is 12.4 Å². The predicted octanol–water partition coefficient (Wildman–Crippen LogP) is 4.43. The maximum absolute atomic E-state index is 13.3. The van der Waals surface area contributed by atoms with Crippen LogP contribution in [0.25, 0.3) is 10.9 Å². The SMILES string of the molecule is COc1ccc2c(Nc3cccc(F)c3)cc(C)nc2c1. The van der Waals surface area contributed by atoms with Gasteiger partial charge in [-0.15, -0.1) is 0 Å². The zero-order chi connectivity index (χ0) is 14.8. The molecule has 1 heterocycles. The molecule has 106 valence electrons. The van der Waals surface area contributed by atoms with Gasteiger partial charge in [0.2, 0.25) is 0 Å². The van der Waals surface area contributed by atoms with Gasteiger partial charge >= 0.3 is 0 Å². The lowest BCUT2D eigenvalue weighted by Crippen LogP contribution is -1.95. The van der Waals surface area contributed by atoms with E-state index in [-0.39, 0.29) is 5.82 Å². The van der Waals surface area contributed by atoms with Crippen LogP contribution in [0, 0.1) is 12.7 Å². The summed E-state index contributed by atoms with van der Waals surface area (Å²) < 4.78 is 18.5. The van der Waals surface area contributed by atoms with Crippen LogP contribution in [0.2, 0.25) is 0 Å². The molecule has 0 amide bonds. The number of benzene rings is 2. The highest BCUT2D eigenvalue weighted by Crippen LogP contribution is 2.29. The molecule has 3 rings (SSSR count). The van der Waals surface area contributed by atoms with Crippen molar-refractivity contribution in [2.45, 2.75) is 6.92 Å². The summed E-state index contributed by atoms with van der Waals surface area (Å²) in [6.07, 6.45) is 0. The molecule has 0 spiro atoms. The number of halogens is 1. The number of aromatic nitrogens is 1. The first-order valence-corrected chi connectivity index (χ1v) is 6.64. The fourth-order valence-corrected chi connectivity index (χ4v) is 2.29. The number of anilines is 2. The molecule has 0 bridgehead atoms. The Balaban J connectivity index is 2.09. The number of methoxy groups -OCH3 is 1. The normalized spacial score (nSPS) is 10.6. The number of hydrogen-bond donors (Lipinski definition) is 1. The van der Waals surface area contributed by atoms with Crippen LogP contribution in [-0.2, 0) is 0 Å². The largest absolute Gasteiger partial charge is 0.497 e. The number of hydrogen-bond acceptors (Lipinski definition) is 3. The Morgan fingerprint density at radius 3 is 2.71 bits per heavy atom. The first-order valence-electron chi connectivity index (χ1n) is 6.64. The van der Waals surface area contributed by atoms with Gasteiger partial charge in [0, 0.05) is 28.5 Å². The zero-order valence-corrected chi connectivity index (χ0v) is 11.9. The topological polar surface area (TPSA) is 34.1 Å². The lowest BCUT2D eigenvalue weighted by Gasteiger charge is -2.11. The van der Waals surface area contributed by atoms with Crippen molar-refractivity contribution in [3.63, 3.8) is 0 Å². The van der Waals surface area contributed by atoms with Crippen molar-refractivity contribution >= 4 is 22.3 Å². The Hall–Kier alpha value is -2.62. The second-order valence-corrected chi connectivity index (χ2v) is 4.83. The number of pyridine rings is 1. The highest BCUT2D eigenvalue weighted by molar-refractivity contribution is 5.94. The fourth-order valence-electron chi connectivity index (χ4n) is 2.29. The van der Waals surface area contributed by atoms with E-state index in [1.54, 1.807) is 13.2 Å². The first kappa shape index (κ1) is 13.4. The van der Waals surface area contributed by atoms with Crippen LogP contribution in [0.15, 0.2) is 48.5 Å². The van der Waals surface area contributed by atoms with Gasteiger partial charge in [0.1, 0.15) is 11.6 Å². The average molecular weight is 282 g/mol. The number of fused-ring (bicyclic) bond motifs is 1. The summed E-state index contributed by atoms with van der Waals surface area (Å²) in [5.41, 5.74) is 3.33. The van der Waals surface area contributed by atoms with Crippen LogP contribution in [0.4, 0.5) is 15.8 Å². The number of nitrogens with zero attached hydrogens (tertiary/aromatic N) is 1. The fraction of sp³-hybridized carbons (Fsp3) is 0.118. The van der Waals surface area contributed by atoms with E-state index in [9.17, 15) is 4.39 Å². The minimum atomic E-state index is -0.267. The third-order valence-corrected chi connectivity index (χ3v) is 3.25. The van der Waals surface area contributed by atoms with Crippen molar-refractivity contribution < 1.29 is 9.13 Å². The molecule has 1 N–H and O–H groups in total. The van der Waals surface area contributed by atoms with Crippen molar-refractivity contribution in [1.82, 2.24) is 4.98 Å². The number of aryl methyl sites for hydroxylation is 1. The molecular weight excluding hydrogens is 267 g/mol. The van der Waals surface area contributed by atoms with Gasteiger partial charge in [0.15, 0.2) is 0 Å². The van der Waals surface area contributed by atoms with Crippen LogP contribution in [0.3, 0.4) is 0 Å². The molecule has 2 aromatic carbocycles. The van der Waals surface area contributed by atoms with Crippen LogP contribution < -0.4 is 10.1 Å². The molecular formula is C17H15FN2O. The monoisotopic (exact) mass is 282 g/mol. The number of ether oxygens (including phenoxy) is 1. The maximum Gasteiger partial charge on any atom is 0.125 e. The molecule has 0 radical (unpaired) electrons. The summed E-state index contributed by atoms with van der Waals surface area (Å²) in [5.74, 6) is 0.494. The summed E-state index contributed by atoms with van der Waals surface area (Å²) in [4.78, 5) is 4.51. The lowest BCUT2D eigenvalue weighted by molar-refractivity contribution is 0.415. The Morgan fingerprint density at radius 2 is 1.95 bits per heavy atom. The first-order chi connectivity index (χ1) is 10.2. The van der Waals surface area contributed by atoms with Crippen LogP contribution in [0.5, 0.6) is 5.75 Å². The molecule has 1 aromatic heterocycles. The van der Waals surface area contributed by atoms with Gasteiger partial charge in [-0.3, -0.25) is 4.98 Å². The minimum Gasteiger partial charge on any atom is -0.497 e. The van der Waals surface area contributed by atoms with Gasteiger partial charge in [-0.25, -0.2) is 4.39 Å². The Labute approximate surface area is 122 Å². The number of nitrogens with one attached hydrogen (secondary N) is 1. The standard InChI is InChI=1S/C17H15FN2O/c1-11-8-16(20-13-5-3-4-12(18)9-13)15-7-6-14(21-2)10-17(15)19-11/h3-10H,1-2H3,(H,19,20). The van der Waals surface area contributed by atoms with Gasteiger partial charge in [0.05, 0.1) is 12.6 Å². The van der Waals surface area contributed by atoms with E-state index in [1.165, 1.54) is 12.1 Å². The van der Waals surface area contributed by atoms with Crippen LogP contribution in [-0.4, -0.2) is 12.1 Å². The molecule has 0 aliphatic rings. The molecule has 4 heteroatoms. The third kappa shape index (κ3) is 2.79. The van der Waals surface area contributed by atoms with Gasteiger partial charge in [0.25, 0.3) is 0 Å². The smallest absolute Gasteiger partial charge is 0.125 e. The Morgan fingerprint density at radius 1 is 1.10 bits per heavy atom. The summed E-state index contributed by atoms with van der Waals surface area (Å²) in [5, 5.41) is 4.21. The summed E-state index contributed by atoms with van der Waals surface area (Å²) in [7, 11) is 1.63. The molecule has 0 aliphatic heterocycles. The molecule has 0 saturated carbocycles. The third-order valence-electron chi connectivity index (χ3n) is 3.25. The predicted molar refractivity (Wildman–Crippen MR) is 82.7 cm³/mol. The van der Waals surface area contributed by atoms with Gasteiger partial charge in [-0.05, 0) is 43.3 Å². The summed E-state index contributed by atoms with van der Waals surface area (Å²) >= 11 is 0. The molecule has 0 unspecified atom stereocenters. The van der Waals surface area contributed by atoms with E-state index in [0.29, 0.717) is 5.69 Å². The Bertz CT molecular complexity index is 802. The van der Waals surface area contributed by atoms with E-state index < -0.39 is 0 Å². The molecule has 21 heavy (non-hydrogen) atoms. The van der Waals surface area contributed by atoms with Crippen LogP contribution >= 0.6 is 0 Å². The van der Waals surface area contributed by atoms with E-state index >= 15 is 0 Å². The van der Waals surface area contributed by atoms with Crippen molar-refractivity contribution in [1.29, 1.82) is 0 Å². The number of rotatable bonds is 3. The molecule has 3 nitrogen and oxygen atoms in total. The van der Waals surface area contributed by atoms with Crippen molar-refractivity contribution in [3.8, 4) is 5.75 Å². The maximum atomic E-state index is 13.3. The molecule has 0 aliphatic carbocycles. The highest BCUT2D eigenvalue weighted by Gasteiger charge is 2.06. The molecule has 3 aromatic rings.